The van der Waals surface area contributed by atoms with Crippen LogP contribution in [0, 0.1) is 5.82 Å². The molecule has 3 unspecified atom stereocenters. The average Bonchev–Trinajstić information content (AvgIpc) is 2.30. The first kappa shape index (κ1) is 13.3. The highest BCUT2D eigenvalue weighted by Crippen LogP contribution is 2.18. The zero-order valence-corrected chi connectivity index (χ0v) is 10.7. The third kappa shape index (κ3) is 2.89. The predicted molar refractivity (Wildman–Crippen MR) is 65.4 cm³/mol. The number of benzene rings is 1. The van der Waals surface area contributed by atoms with Crippen molar-refractivity contribution in [3.63, 3.8) is 0 Å². The van der Waals surface area contributed by atoms with E-state index in [9.17, 15) is 8.60 Å². The van der Waals surface area contributed by atoms with E-state index in [1.54, 1.807) is 18.2 Å². The molecule has 0 fully saturated rings. The van der Waals surface area contributed by atoms with E-state index in [-0.39, 0.29) is 11.3 Å². The molecule has 1 N–H and O–H groups in total. The van der Waals surface area contributed by atoms with Crippen LogP contribution in [0.25, 0.3) is 0 Å². The highest BCUT2D eigenvalue weighted by molar-refractivity contribution is 7.85. The summed E-state index contributed by atoms with van der Waals surface area (Å²) in [7, 11) is 0.529. The number of hydrogen-bond acceptors (Lipinski definition) is 2. The standard InChI is InChI=1S/C12H18FNOS/c1-4-11(14-3)9(2)16(15)12-8-6-5-7-10(12)13/h5-9,11,14H,4H2,1-3H3. The molecular weight excluding hydrogens is 225 g/mol. The summed E-state index contributed by atoms with van der Waals surface area (Å²) in [5.74, 6) is -0.390. The molecule has 0 aliphatic heterocycles. The molecule has 4 heteroatoms. The lowest BCUT2D eigenvalue weighted by molar-refractivity contribution is 0.526. The normalized spacial score (nSPS) is 16.8. The van der Waals surface area contributed by atoms with Gasteiger partial charge in [-0.25, -0.2) is 4.39 Å². The van der Waals surface area contributed by atoms with Gasteiger partial charge in [-0.3, -0.25) is 4.21 Å². The van der Waals surface area contributed by atoms with Gasteiger partial charge in [-0.05, 0) is 32.5 Å². The number of nitrogens with one attached hydrogen (secondary N) is 1. The summed E-state index contributed by atoms with van der Waals surface area (Å²) in [5, 5.41) is 3.00. The van der Waals surface area contributed by atoms with Crippen molar-refractivity contribution in [2.75, 3.05) is 7.05 Å². The lowest BCUT2D eigenvalue weighted by atomic mass is 10.2. The van der Waals surface area contributed by atoms with E-state index in [2.05, 4.69) is 5.32 Å². The Morgan fingerprint density at radius 2 is 2.06 bits per heavy atom. The maximum atomic E-state index is 13.5. The molecule has 0 bridgehead atoms. The fraction of sp³-hybridized carbons (Fsp3) is 0.500. The minimum absolute atomic E-state index is 0.105. The van der Waals surface area contributed by atoms with Crippen LogP contribution in [-0.2, 0) is 10.8 Å². The number of halogens is 1. The first-order valence-electron chi connectivity index (χ1n) is 5.44. The molecule has 0 amide bonds. The lowest BCUT2D eigenvalue weighted by Gasteiger charge is -2.21. The van der Waals surface area contributed by atoms with Crippen LogP contribution in [0.5, 0.6) is 0 Å². The number of hydrogen-bond donors (Lipinski definition) is 1. The molecule has 1 aromatic carbocycles. The van der Waals surface area contributed by atoms with Gasteiger partial charge < -0.3 is 5.32 Å². The molecule has 0 spiro atoms. The monoisotopic (exact) mass is 243 g/mol. The summed E-state index contributed by atoms with van der Waals surface area (Å²) in [4.78, 5) is 0.295. The van der Waals surface area contributed by atoms with Crippen molar-refractivity contribution >= 4 is 10.8 Å². The lowest BCUT2D eigenvalue weighted by Crippen LogP contribution is -2.38. The van der Waals surface area contributed by atoms with Gasteiger partial charge in [-0.1, -0.05) is 19.1 Å². The van der Waals surface area contributed by atoms with Crippen LogP contribution in [0.15, 0.2) is 29.2 Å². The maximum Gasteiger partial charge on any atom is 0.139 e. The minimum Gasteiger partial charge on any atom is -0.316 e. The van der Waals surface area contributed by atoms with E-state index < -0.39 is 16.6 Å². The summed E-state index contributed by atoms with van der Waals surface area (Å²) in [5.41, 5.74) is 0. The fourth-order valence-corrected chi connectivity index (χ4v) is 3.23. The summed E-state index contributed by atoms with van der Waals surface area (Å²) in [6, 6.07) is 6.39. The van der Waals surface area contributed by atoms with Gasteiger partial charge in [0.05, 0.1) is 20.9 Å². The molecule has 0 aliphatic carbocycles. The highest BCUT2D eigenvalue weighted by atomic mass is 32.2. The van der Waals surface area contributed by atoms with Gasteiger partial charge in [0, 0.05) is 6.04 Å². The van der Waals surface area contributed by atoms with Gasteiger partial charge in [0.1, 0.15) is 5.82 Å². The molecule has 90 valence electrons. The molecule has 0 heterocycles. The van der Waals surface area contributed by atoms with E-state index in [4.69, 9.17) is 0 Å². The Morgan fingerprint density at radius 1 is 1.44 bits per heavy atom. The molecule has 0 aromatic heterocycles. The average molecular weight is 243 g/mol. The van der Waals surface area contributed by atoms with Gasteiger partial charge in [-0.15, -0.1) is 0 Å². The molecule has 0 saturated heterocycles. The fourth-order valence-electron chi connectivity index (χ4n) is 1.73. The van der Waals surface area contributed by atoms with Crippen LogP contribution >= 0.6 is 0 Å². The van der Waals surface area contributed by atoms with Crippen LogP contribution in [0.4, 0.5) is 4.39 Å². The molecule has 0 saturated carbocycles. The van der Waals surface area contributed by atoms with Crippen LogP contribution in [-0.4, -0.2) is 22.5 Å². The molecule has 1 aromatic rings. The third-order valence-electron chi connectivity index (χ3n) is 2.77. The van der Waals surface area contributed by atoms with Crippen molar-refractivity contribution in [1.29, 1.82) is 0 Å². The van der Waals surface area contributed by atoms with E-state index in [1.807, 2.05) is 20.9 Å². The van der Waals surface area contributed by atoms with Crippen LogP contribution in [0.2, 0.25) is 0 Å². The first-order valence-corrected chi connectivity index (χ1v) is 6.65. The molecule has 0 radical (unpaired) electrons. The Balaban J connectivity index is 2.90. The second kappa shape index (κ2) is 6.11. The Hall–Kier alpha value is -0.740. The largest absolute Gasteiger partial charge is 0.316 e. The van der Waals surface area contributed by atoms with Crippen LogP contribution in [0.3, 0.4) is 0 Å². The summed E-state index contributed by atoms with van der Waals surface area (Å²) in [6.07, 6.45) is 0.873. The topological polar surface area (TPSA) is 29.1 Å². The molecule has 16 heavy (non-hydrogen) atoms. The molecule has 2 nitrogen and oxygen atoms in total. The quantitative estimate of drug-likeness (QED) is 0.860. The van der Waals surface area contributed by atoms with Crippen molar-refractivity contribution in [2.45, 2.75) is 36.5 Å². The highest BCUT2D eigenvalue weighted by Gasteiger charge is 2.22. The molecule has 3 atom stereocenters. The Labute approximate surface area is 98.7 Å². The minimum atomic E-state index is -1.31. The van der Waals surface area contributed by atoms with Crippen LogP contribution < -0.4 is 5.32 Å². The van der Waals surface area contributed by atoms with Crippen molar-refractivity contribution < 1.29 is 8.60 Å². The van der Waals surface area contributed by atoms with Crippen molar-refractivity contribution in [1.82, 2.24) is 5.32 Å². The van der Waals surface area contributed by atoms with Gasteiger partial charge >= 0.3 is 0 Å². The molecular formula is C12H18FNOS. The summed E-state index contributed by atoms with van der Waals surface area (Å²) < 4.78 is 25.6. The zero-order valence-electron chi connectivity index (χ0n) is 9.87. The van der Waals surface area contributed by atoms with E-state index in [1.165, 1.54) is 6.07 Å². The Morgan fingerprint density at radius 3 is 2.56 bits per heavy atom. The summed E-state index contributed by atoms with van der Waals surface area (Å²) in [6.45, 7) is 3.91. The Kier molecular flexibility index (Phi) is 5.09. The Bertz CT molecular complexity index is 366. The van der Waals surface area contributed by atoms with Gasteiger partial charge in [0.2, 0.25) is 0 Å². The van der Waals surface area contributed by atoms with Gasteiger partial charge in [0.15, 0.2) is 0 Å². The third-order valence-corrected chi connectivity index (χ3v) is 4.54. The molecule has 1 rings (SSSR count). The van der Waals surface area contributed by atoms with Gasteiger partial charge in [-0.2, -0.15) is 0 Å². The van der Waals surface area contributed by atoms with E-state index in [0.717, 1.165) is 6.42 Å². The van der Waals surface area contributed by atoms with Crippen LogP contribution in [0.1, 0.15) is 20.3 Å². The van der Waals surface area contributed by atoms with Crippen molar-refractivity contribution in [2.24, 2.45) is 0 Å². The van der Waals surface area contributed by atoms with E-state index >= 15 is 0 Å². The second-order valence-electron chi connectivity index (χ2n) is 3.74. The van der Waals surface area contributed by atoms with Crippen molar-refractivity contribution in [3.8, 4) is 0 Å². The molecule has 0 aliphatic rings. The number of rotatable bonds is 5. The SMILES string of the molecule is CCC(NC)C(C)S(=O)c1ccccc1F. The van der Waals surface area contributed by atoms with Crippen molar-refractivity contribution in [3.05, 3.63) is 30.1 Å². The first-order chi connectivity index (χ1) is 7.61. The second-order valence-corrected chi connectivity index (χ2v) is 5.51. The predicted octanol–water partition coefficient (Wildman–Crippen LogP) is 2.32. The van der Waals surface area contributed by atoms with Gasteiger partial charge in [0.25, 0.3) is 0 Å². The smallest absolute Gasteiger partial charge is 0.139 e. The maximum absolute atomic E-state index is 13.5. The zero-order chi connectivity index (χ0) is 12.1. The summed E-state index contributed by atoms with van der Waals surface area (Å²) >= 11 is 0. The van der Waals surface area contributed by atoms with E-state index in [0.29, 0.717) is 4.90 Å².